The minimum atomic E-state index is -3.34. The third-order valence-corrected chi connectivity index (χ3v) is 6.70. The van der Waals surface area contributed by atoms with E-state index in [1.807, 2.05) is 6.92 Å². The first-order valence-corrected chi connectivity index (χ1v) is 12.4. The Morgan fingerprint density at radius 1 is 1.36 bits per heavy atom. The smallest absolute Gasteiger partial charge is 0.229 e. The van der Waals surface area contributed by atoms with Gasteiger partial charge in [0.05, 0.1) is 17.6 Å². The molecular formula is C17H22N4O4S3. The lowest BCUT2D eigenvalue weighted by Crippen LogP contribution is -2.18. The Morgan fingerprint density at radius 2 is 2.11 bits per heavy atom. The number of sulfonamides is 1. The predicted molar refractivity (Wildman–Crippen MR) is 112 cm³/mol. The first-order valence-electron chi connectivity index (χ1n) is 8.78. The van der Waals surface area contributed by atoms with Crippen LogP contribution in [0.1, 0.15) is 30.1 Å². The van der Waals surface area contributed by atoms with Crippen LogP contribution in [0.5, 0.6) is 0 Å². The van der Waals surface area contributed by atoms with Crippen molar-refractivity contribution in [1.82, 2.24) is 10.2 Å². The summed E-state index contributed by atoms with van der Waals surface area (Å²) in [7, 11) is -3.34. The predicted octanol–water partition coefficient (Wildman–Crippen LogP) is 2.86. The molecule has 0 saturated carbocycles. The number of carbonyl (C=O) groups is 1. The van der Waals surface area contributed by atoms with E-state index in [9.17, 15) is 13.2 Å². The second-order valence-electron chi connectivity index (χ2n) is 6.46. The highest BCUT2D eigenvalue weighted by Crippen LogP contribution is 2.30. The van der Waals surface area contributed by atoms with Gasteiger partial charge in [-0.3, -0.25) is 9.52 Å². The molecule has 0 bridgehead atoms. The minimum absolute atomic E-state index is 0.0556. The summed E-state index contributed by atoms with van der Waals surface area (Å²) in [5.41, 5.74) is 0.936. The lowest BCUT2D eigenvalue weighted by atomic mass is 10.1. The van der Waals surface area contributed by atoms with Gasteiger partial charge in [0.1, 0.15) is 0 Å². The average molecular weight is 443 g/mol. The van der Waals surface area contributed by atoms with Crippen LogP contribution in [0.4, 0.5) is 10.8 Å². The van der Waals surface area contributed by atoms with Crippen molar-refractivity contribution in [2.45, 2.75) is 35.5 Å². The highest BCUT2D eigenvalue weighted by molar-refractivity contribution is 8.02. The second-order valence-corrected chi connectivity index (χ2v) is 10.8. The Labute approximate surface area is 172 Å². The van der Waals surface area contributed by atoms with Gasteiger partial charge in [0.25, 0.3) is 0 Å². The fourth-order valence-corrected chi connectivity index (χ4v) is 5.24. The third kappa shape index (κ3) is 6.16. The van der Waals surface area contributed by atoms with Crippen LogP contribution >= 0.6 is 23.1 Å². The molecule has 11 heteroatoms. The van der Waals surface area contributed by atoms with Gasteiger partial charge in [-0.25, -0.2) is 8.42 Å². The van der Waals surface area contributed by atoms with Crippen molar-refractivity contribution in [2.75, 3.05) is 29.4 Å². The van der Waals surface area contributed by atoms with Gasteiger partial charge < -0.3 is 10.1 Å². The molecule has 1 aromatic heterocycles. The van der Waals surface area contributed by atoms with E-state index < -0.39 is 10.0 Å². The molecule has 1 aliphatic rings. The van der Waals surface area contributed by atoms with E-state index in [0.29, 0.717) is 27.3 Å². The number of aromatic nitrogens is 2. The summed E-state index contributed by atoms with van der Waals surface area (Å²) in [6.07, 6.45) is 3.45. The van der Waals surface area contributed by atoms with Gasteiger partial charge >= 0.3 is 0 Å². The SMILES string of the molecule is C[C@H](Sc1nnc(NC[C@H]2CCCO2)s1)C(=O)c1ccc(NS(C)(=O)=O)cc1. The average Bonchev–Trinajstić information content (AvgIpc) is 3.30. The molecule has 0 amide bonds. The fourth-order valence-electron chi connectivity index (χ4n) is 2.69. The second kappa shape index (κ2) is 9.21. The summed E-state index contributed by atoms with van der Waals surface area (Å²) in [4.78, 5) is 12.6. The monoisotopic (exact) mass is 442 g/mol. The molecule has 0 spiro atoms. The summed E-state index contributed by atoms with van der Waals surface area (Å²) < 4.78 is 31.2. The Hall–Kier alpha value is -1.69. The van der Waals surface area contributed by atoms with Gasteiger partial charge in [0.15, 0.2) is 10.1 Å². The van der Waals surface area contributed by atoms with Crippen LogP contribution in [0, 0.1) is 0 Å². The van der Waals surface area contributed by atoms with Crippen LogP contribution in [0.3, 0.4) is 0 Å². The molecule has 0 aliphatic carbocycles. The van der Waals surface area contributed by atoms with Crippen LogP contribution in [-0.4, -0.2) is 55.2 Å². The number of hydrogen-bond acceptors (Lipinski definition) is 9. The van der Waals surface area contributed by atoms with Crippen LogP contribution in [0.2, 0.25) is 0 Å². The zero-order valence-electron chi connectivity index (χ0n) is 15.5. The largest absolute Gasteiger partial charge is 0.376 e. The van der Waals surface area contributed by atoms with E-state index in [-0.39, 0.29) is 17.1 Å². The molecule has 2 aromatic rings. The lowest BCUT2D eigenvalue weighted by Gasteiger charge is -2.09. The quantitative estimate of drug-likeness (QED) is 0.451. The summed E-state index contributed by atoms with van der Waals surface area (Å²) in [6.45, 7) is 3.34. The van der Waals surface area contributed by atoms with E-state index in [1.54, 1.807) is 24.3 Å². The van der Waals surface area contributed by atoms with Crippen molar-refractivity contribution < 1.29 is 17.9 Å². The van der Waals surface area contributed by atoms with Gasteiger partial charge in [0.2, 0.25) is 15.2 Å². The van der Waals surface area contributed by atoms with E-state index in [4.69, 9.17) is 4.74 Å². The number of hydrogen-bond donors (Lipinski definition) is 2. The van der Waals surface area contributed by atoms with Crippen LogP contribution < -0.4 is 10.0 Å². The van der Waals surface area contributed by atoms with Gasteiger partial charge in [-0.1, -0.05) is 23.1 Å². The highest BCUT2D eigenvalue weighted by Gasteiger charge is 2.20. The molecule has 152 valence electrons. The standard InChI is InChI=1S/C17H22N4O4S3/c1-11(15(22)12-5-7-13(8-6-12)21-28(2,23)24)26-17-20-19-16(27-17)18-10-14-4-3-9-25-14/h5-8,11,14,21H,3-4,9-10H2,1-2H3,(H,18,19)/t11-,14+/m0/s1. The van der Waals surface area contributed by atoms with E-state index in [0.717, 1.165) is 25.7 Å². The summed E-state index contributed by atoms with van der Waals surface area (Å²) in [5.74, 6) is -0.0556. The minimum Gasteiger partial charge on any atom is -0.376 e. The molecule has 1 saturated heterocycles. The molecular weight excluding hydrogens is 420 g/mol. The number of nitrogens with one attached hydrogen (secondary N) is 2. The molecule has 1 aromatic carbocycles. The summed E-state index contributed by atoms with van der Waals surface area (Å²) in [6, 6.07) is 6.37. The number of carbonyl (C=O) groups excluding carboxylic acids is 1. The van der Waals surface area contributed by atoms with Crippen LogP contribution in [-0.2, 0) is 14.8 Å². The van der Waals surface area contributed by atoms with Gasteiger partial charge in [0, 0.05) is 24.4 Å². The van der Waals surface area contributed by atoms with E-state index >= 15 is 0 Å². The third-order valence-electron chi connectivity index (χ3n) is 4.03. The maximum atomic E-state index is 12.6. The van der Waals surface area contributed by atoms with Crippen molar-refractivity contribution >= 4 is 49.7 Å². The molecule has 3 rings (SSSR count). The maximum Gasteiger partial charge on any atom is 0.229 e. The number of anilines is 2. The number of rotatable bonds is 9. The van der Waals surface area contributed by atoms with Crippen LogP contribution in [0.25, 0.3) is 0 Å². The molecule has 2 N–H and O–H groups in total. The summed E-state index contributed by atoms with van der Waals surface area (Å²) >= 11 is 2.76. The highest BCUT2D eigenvalue weighted by atomic mass is 32.2. The normalized spacial score (nSPS) is 18.0. The molecule has 1 aliphatic heterocycles. The lowest BCUT2D eigenvalue weighted by molar-refractivity contribution is 0.0994. The number of Topliss-reactive ketones (excluding diaryl/α,β-unsaturated/α-hetero) is 1. The number of nitrogens with zero attached hydrogens (tertiary/aromatic N) is 2. The van der Waals surface area contributed by atoms with Crippen molar-refractivity contribution in [3.8, 4) is 0 Å². The molecule has 28 heavy (non-hydrogen) atoms. The topological polar surface area (TPSA) is 110 Å². The number of ketones is 1. The van der Waals surface area contributed by atoms with Crippen molar-refractivity contribution in [2.24, 2.45) is 0 Å². The van der Waals surface area contributed by atoms with Crippen molar-refractivity contribution in [1.29, 1.82) is 0 Å². The first kappa shape index (κ1) is 21.0. The summed E-state index contributed by atoms with van der Waals surface area (Å²) in [5, 5.41) is 11.9. The molecule has 2 atom stereocenters. The Balaban J connectivity index is 1.53. The van der Waals surface area contributed by atoms with E-state index in [1.165, 1.54) is 23.1 Å². The van der Waals surface area contributed by atoms with Gasteiger partial charge in [-0.05, 0) is 44.0 Å². The first-order chi connectivity index (χ1) is 13.3. The Bertz CT molecular complexity index is 909. The number of benzene rings is 1. The number of thioether (sulfide) groups is 1. The molecule has 0 radical (unpaired) electrons. The molecule has 1 fully saturated rings. The Morgan fingerprint density at radius 3 is 2.75 bits per heavy atom. The fraction of sp³-hybridized carbons (Fsp3) is 0.471. The molecule has 0 unspecified atom stereocenters. The van der Waals surface area contributed by atoms with Crippen molar-refractivity contribution in [3.05, 3.63) is 29.8 Å². The number of ether oxygens (including phenoxy) is 1. The van der Waals surface area contributed by atoms with Crippen molar-refractivity contribution in [3.63, 3.8) is 0 Å². The van der Waals surface area contributed by atoms with Gasteiger partial charge in [-0.2, -0.15) is 0 Å². The maximum absolute atomic E-state index is 12.6. The van der Waals surface area contributed by atoms with E-state index in [2.05, 4.69) is 20.2 Å². The molecule has 8 nitrogen and oxygen atoms in total. The van der Waals surface area contributed by atoms with Crippen LogP contribution in [0.15, 0.2) is 28.6 Å². The molecule has 2 heterocycles. The zero-order valence-corrected chi connectivity index (χ0v) is 18.0. The zero-order chi connectivity index (χ0) is 20.1. The van der Waals surface area contributed by atoms with Gasteiger partial charge in [-0.15, -0.1) is 10.2 Å². The Kier molecular flexibility index (Phi) is 6.91.